The highest BCUT2D eigenvalue weighted by molar-refractivity contribution is 8.18. The average Bonchev–Trinajstić information content (AvgIpc) is 2.48. The third-order valence-electron chi connectivity index (χ3n) is 4.54. The monoisotopic (exact) mass is 338 g/mol. The molecule has 22 heavy (non-hydrogen) atoms. The van der Waals surface area contributed by atoms with Gasteiger partial charge in [-0.15, -0.1) is 0 Å². The zero-order valence-electron chi connectivity index (χ0n) is 15.2. The lowest BCUT2D eigenvalue weighted by Crippen LogP contribution is -2.14. The van der Waals surface area contributed by atoms with Crippen LogP contribution >= 0.6 is 6.04 Å². The molecule has 1 aromatic carbocycles. The van der Waals surface area contributed by atoms with Crippen LogP contribution in [0.3, 0.4) is 0 Å². The van der Waals surface area contributed by atoms with Gasteiger partial charge in [-0.05, 0) is 55.9 Å². The molecule has 2 heteroatoms. The van der Waals surface area contributed by atoms with Gasteiger partial charge in [0.1, 0.15) is 0 Å². The van der Waals surface area contributed by atoms with Gasteiger partial charge in [-0.1, -0.05) is 87.9 Å². The normalized spacial score (nSPS) is 11.8. The molecule has 0 heterocycles. The van der Waals surface area contributed by atoms with Crippen molar-refractivity contribution in [2.24, 2.45) is 0 Å². The van der Waals surface area contributed by atoms with E-state index >= 15 is 0 Å². The van der Waals surface area contributed by atoms with Crippen LogP contribution in [-0.4, -0.2) is 12.3 Å². The van der Waals surface area contributed by atoms with Gasteiger partial charge in [-0.2, -0.15) is 0 Å². The van der Waals surface area contributed by atoms with E-state index in [1.165, 1.54) is 80.1 Å². The smallest absolute Gasteiger partial charge is 0.0113 e. The lowest BCUT2D eigenvalue weighted by Gasteiger charge is -2.25. The zero-order valence-corrected chi connectivity index (χ0v) is 16.9. The van der Waals surface area contributed by atoms with Crippen LogP contribution in [0.4, 0.5) is 0 Å². The van der Waals surface area contributed by atoms with Crippen LogP contribution in [0, 0.1) is 13.8 Å². The van der Waals surface area contributed by atoms with E-state index in [1.54, 1.807) is 0 Å². The summed E-state index contributed by atoms with van der Waals surface area (Å²) in [7, 11) is 0. The van der Waals surface area contributed by atoms with Crippen molar-refractivity contribution in [2.75, 3.05) is 12.3 Å². The molecule has 0 nitrogen and oxygen atoms in total. The van der Waals surface area contributed by atoms with Gasteiger partial charge in [0.25, 0.3) is 0 Å². The van der Waals surface area contributed by atoms with Gasteiger partial charge in [0.15, 0.2) is 0 Å². The molecular formula is C20H35PS. The molecule has 0 amide bonds. The van der Waals surface area contributed by atoms with E-state index in [0.717, 1.165) is 0 Å². The van der Waals surface area contributed by atoms with Crippen LogP contribution < -0.4 is 5.30 Å². The number of aryl methyl sites for hydroxylation is 2. The maximum Gasteiger partial charge on any atom is -0.0113 e. The fourth-order valence-corrected chi connectivity index (χ4v) is 7.82. The summed E-state index contributed by atoms with van der Waals surface area (Å²) in [5.74, 6) is 0. The van der Waals surface area contributed by atoms with Crippen molar-refractivity contribution < 1.29 is 0 Å². The first-order chi connectivity index (χ1) is 10.5. The van der Waals surface area contributed by atoms with Gasteiger partial charge in [0.2, 0.25) is 0 Å². The molecule has 0 radical (unpaired) electrons. The molecule has 0 saturated heterocycles. The quantitative estimate of drug-likeness (QED) is 0.325. The lowest BCUT2D eigenvalue weighted by molar-refractivity contribution is 0.696. The molecule has 0 aromatic heterocycles. The molecule has 0 aliphatic rings. The van der Waals surface area contributed by atoms with Crippen LogP contribution in [-0.2, 0) is 11.8 Å². The van der Waals surface area contributed by atoms with Gasteiger partial charge < -0.3 is 0 Å². The Morgan fingerprint density at radius 3 is 1.82 bits per heavy atom. The molecular weight excluding hydrogens is 303 g/mol. The van der Waals surface area contributed by atoms with E-state index in [1.807, 2.05) is 0 Å². The van der Waals surface area contributed by atoms with E-state index < -0.39 is 6.04 Å². The van der Waals surface area contributed by atoms with E-state index in [9.17, 15) is 0 Å². The highest BCUT2D eigenvalue weighted by atomic mass is 32.4. The molecule has 0 saturated carbocycles. The molecule has 0 fully saturated rings. The van der Waals surface area contributed by atoms with Crippen molar-refractivity contribution >= 4 is 23.1 Å². The van der Waals surface area contributed by atoms with Gasteiger partial charge in [0, 0.05) is 0 Å². The topological polar surface area (TPSA) is 0 Å². The van der Waals surface area contributed by atoms with E-state index in [2.05, 4.69) is 45.9 Å². The van der Waals surface area contributed by atoms with E-state index in [4.69, 9.17) is 11.8 Å². The summed E-state index contributed by atoms with van der Waals surface area (Å²) in [6, 6.07) is 5.57. The fourth-order valence-electron chi connectivity index (χ4n) is 3.20. The molecule has 0 spiro atoms. The molecule has 0 bridgehead atoms. The van der Waals surface area contributed by atoms with Crippen LogP contribution in [0.5, 0.6) is 0 Å². The highest BCUT2D eigenvalue weighted by Gasteiger charge is 2.20. The van der Waals surface area contributed by atoms with Crippen LogP contribution in [0.25, 0.3) is 0 Å². The first-order valence-corrected chi connectivity index (χ1v) is 12.4. The lowest BCUT2D eigenvalue weighted by atomic mass is 10.2. The number of benzene rings is 1. The first-order valence-electron chi connectivity index (χ1n) is 9.19. The zero-order chi connectivity index (χ0) is 16.4. The fraction of sp³-hybridized carbons (Fsp3) is 0.700. The van der Waals surface area contributed by atoms with Crippen molar-refractivity contribution in [1.29, 1.82) is 0 Å². The Morgan fingerprint density at radius 2 is 1.36 bits per heavy atom. The van der Waals surface area contributed by atoms with Gasteiger partial charge >= 0.3 is 0 Å². The minimum Gasteiger partial charge on any atom is -0.0926 e. The number of rotatable bonds is 11. The van der Waals surface area contributed by atoms with Crippen LogP contribution in [0.1, 0.15) is 76.3 Å². The summed E-state index contributed by atoms with van der Waals surface area (Å²) < 4.78 is 0. The maximum atomic E-state index is 6.31. The second-order valence-corrected chi connectivity index (χ2v) is 12.0. The van der Waals surface area contributed by atoms with Gasteiger partial charge in [-0.3, -0.25) is 0 Å². The van der Waals surface area contributed by atoms with Gasteiger partial charge in [-0.25, -0.2) is 0 Å². The molecule has 0 atom stereocenters. The molecule has 0 aliphatic heterocycles. The minimum absolute atomic E-state index is 1.28. The van der Waals surface area contributed by atoms with Gasteiger partial charge in [0.05, 0.1) is 0 Å². The van der Waals surface area contributed by atoms with Crippen molar-refractivity contribution in [3.63, 3.8) is 0 Å². The SMILES string of the molecule is CCCCCCP(=S)(CCCCCC)c1ccc(C)cc1C. The Hall–Kier alpha value is -0.130. The molecule has 1 rings (SSSR count). The third-order valence-corrected chi connectivity index (χ3v) is 9.68. The Bertz CT molecular complexity index is 463. The summed E-state index contributed by atoms with van der Waals surface area (Å²) in [5, 5.41) is 1.53. The molecule has 0 N–H and O–H groups in total. The number of hydrogen-bond donors (Lipinski definition) is 0. The molecule has 0 unspecified atom stereocenters. The summed E-state index contributed by atoms with van der Waals surface area (Å²) in [6.07, 6.45) is 13.3. The number of hydrogen-bond acceptors (Lipinski definition) is 1. The van der Waals surface area contributed by atoms with Crippen molar-refractivity contribution in [1.82, 2.24) is 0 Å². The van der Waals surface area contributed by atoms with Crippen LogP contribution in [0.15, 0.2) is 18.2 Å². The van der Waals surface area contributed by atoms with Crippen molar-refractivity contribution in [3.05, 3.63) is 29.3 Å². The average molecular weight is 339 g/mol. The molecule has 126 valence electrons. The second kappa shape index (κ2) is 10.6. The second-order valence-electron chi connectivity index (χ2n) is 6.75. The van der Waals surface area contributed by atoms with E-state index in [0.29, 0.717) is 0 Å². The maximum absolute atomic E-state index is 6.31. The summed E-state index contributed by atoms with van der Waals surface area (Å²) in [5.41, 5.74) is 2.80. The highest BCUT2D eigenvalue weighted by Crippen LogP contribution is 2.47. The molecule has 1 aromatic rings. The molecule has 0 aliphatic carbocycles. The van der Waals surface area contributed by atoms with Crippen LogP contribution in [0.2, 0.25) is 0 Å². The Kier molecular flexibility index (Phi) is 9.60. The predicted molar refractivity (Wildman–Crippen MR) is 108 cm³/mol. The summed E-state index contributed by atoms with van der Waals surface area (Å²) in [6.45, 7) is 9.01. The minimum atomic E-state index is -1.38. The van der Waals surface area contributed by atoms with E-state index in [-0.39, 0.29) is 0 Å². The Morgan fingerprint density at radius 1 is 0.818 bits per heavy atom. The standard InChI is InChI=1S/C20H35PS/c1-5-7-9-11-15-21(22,16-12-10-8-6-2)20-14-13-18(3)17-19(20)4/h13-14,17H,5-12,15-16H2,1-4H3. The van der Waals surface area contributed by atoms with Crippen molar-refractivity contribution in [2.45, 2.75) is 79.1 Å². The van der Waals surface area contributed by atoms with Crippen molar-refractivity contribution in [3.8, 4) is 0 Å². The first kappa shape index (κ1) is 19.9. The summed E-state index contributed by atoms with van der Waals surface area (Å²) in [4.78, 5) is 0. The Balaban J connectivity index is 2.81. The Labute approximate surface area is 144 Å². The third kappa shape index (κ3) is 6.55. The largest absolute Gasteiger partial charge is 0.0926 e. The number of unbranched alkanes of at least 4 members (excludes halogenated alkanes) is 6. The summed E-state index contributed by atoms with van der Waals surface area (Å²) >= 11 is 6.31. The predicted octanol–water partition coefficient (Wildman–Crippen LogP) is 6.57.